The van der Waals surface area contributed by atoms with Crippen LogP contribution >= 0.6 is 0 Å². The Bertz CT molecular complexity index is 833. The number of hydrogen-bond donors (Lipinski definition) is 0. The quantitative estimate of drug-likeness (QED) is 0.828. The molecule has 2 fully saturated rings. The molecule has 27 heavy (non-hydrogen) atoms. The van der Waals surface area contributed by atoms with Crippen LogP contribution in [0.1, 0.15) is 40.4 Å². The first-order valence-corrected chi connectivity index (χ1v) is 9.73. The predicted molar refractivity (Wildman–Crippen MR) is 105 cm³/mol. The Hall–Kier alpha value is -2.57. The van der Waals surface area contributed by atoms with Crippen LogP contribution in [0.5, 0.6) is 0 Å². The molecule has 0 bridgehead atoms. The molecule has 0 unspecified atom stereocenters. The van der Waals surface area contributed by atoms with Crippen molar-refractivity contribution in [3.63, 3.8) is 0 Å². The monoisotopic (exact) mass is 369 g/mol. The summed E-state index contributed by atoms with van der Waals surface area (Å²) < 4.78 is 5.51. The van der Waals surface area contributed by atoms with Gasteiger partial charge in [-0.15, -0.1) is 0 Å². The number of piperazine rings is 1. The molecule has 2 aromatic heterocycles. The lowest BCUT2D eigenvalue weighted by atomic mass is 10.2. The van der Waals surface area contributed by atoms with Crippen molar-refractivity contribution in [3.05, 3.63) is 34.9 Å². The fourth-order valence-corrected chi connectivity index (χ4v) is 3.91. The second-order valence-corrected chi connectivity index (χ2v) is 7.47. The fourth-order valence-electron chi connectivity index (χ4n) is 3.91. The van der Waals surface area contributed by atoms with E-state index in [9.17, 15) is 4.79 Å². The zero-order chi connectivity index (χ0) is 19.0. The molecule has 1 amide bonds. The minimum Gasteiger partial charge on any atom is -0.466 e. The van der Waals surface area contributed by atoms with Crippen LogP contribution in [0.15, 0.2) is 16.5 Å². The Morgan fingerprint density at radius 2 is 1.63 bits per heavy atom. The zero-order valence-corrected chi connectivity index (χ0v) is 16.4. The van der Waals surface area contributed by atoms with Crippen molar-refractivity contribution in [1.82, 2.24) is 14.9 Å². The van der Waals surface area contributed by atoms with E-state index in [0.29, 0.717) is 24.4 Å². The van der Waals surface area contributed by atoms with Gasteiger partial charge in [-0.1, -0.05) is 0 Å². The molecule has 144 valence electrons. The van der Waals surface area contributed by atoms with E-state index >= 15 is 0 Å². The average Bonchev–Trinajstić information content (AvgIpc) is 3.30. The second-order valence-electron chi connectivity index (χ2n) is 7.47. The first kappa shape index (κ1) is 17.8. The number of aryl methyl sites for hydroxylation is 3. The standard InChI is InChI=1S/C20H27N5O2/c1-14-12-18(22-20(21-14)25-6-4-5-7-25)23-8-10-24(11-9-23)19(26)17-13-15(2)27-16(17)3/h12-13H,4-11H2,1-3H3. The van der Waals surface area contributed by atoms with Crippen molar-refractivity contribution in [3.8, 4) is 0 Å². The van der Waals surface area contributed by atoms with E-state index in [-0.39, 0.29) is 5.91 Å². The van der Waals surface area contributed by atoms with Crippen molar-refractivity contribution in [2.75, 3.05) is 49.1 Å². The molecule has 2 aromatic rings. The molecule has 2 aliphatic rings. The summed E-state index contributed by atoms with van der Waals surface area (Å²) in [6.07, 6.45) is 2.42. The van der Waals surface area contributed by atoms with Gasteiger partial charge in [0.05, 0.1) is 5.56 Å². The number of nitrogens with zero attached hydrogens (tertiary/aromatic N) is 5. The molecule has 0 spiro atoms. The molecule has 0 saturated carbocycles. The molecular weight excluding hydrogens is 342 g/mol. The third-order valence-electron chi connectivity index (χ3n) is 5.38. The molecule has 7 heteroatoms. The minimum atomic E-state index is 0.0561. The van der Waals surface area contributed by atoms with Crippen molar-refractivity contribution in [2.24, 2.45) is 0 Å². The average molecular weight is 369 g/mol. The zero-order valence-electron chi connectivity index (χ0n) is 16.4. The lowest BCUT2D eigenvalue weighted by Gasteiger charge is -2.35. The SMILES string of the molecule is Cc1cc(N2CCN(C(=O)c3cc(C)oc3C)CC2)nc(N2CCCC2)n1. The van der Waals surface area contributed by atoms with Crippen molar-refractivity contribution >= 4 is 17.7 Å². The fraction of sp³-hybridized carbons (Fsp3) is 0.550. The highest BCUT2D eigenvalue weighted by Crippen LogP contribution is 2.23. The number of anilines is 2. The van der Waals surface area contributed by atoms with Gasteiger partial charge in [-0.05, 0) is 39.7 Å². The third kappa shape index (κ3) is 3.63. The molecule has 2 saturated heterocycles. The summed E-state index contributed by atoms with van der Waals surface area (Å²) in [5.41, 5.74) is 1.67. The summed E-state index contributed by atoms with van der Waals surface area (Å²) >= 11 is 0. The molecule has 0 N–H and O–H groups in total. The van der Waals surface area contributed by atoms with Crippen molar-refractivity contribution in [2.45, 2.75) is 33.6 Å². The first-order valence-electron chi connectivity index (χ1n) is 9.73. The van der Waals surface area contributed by atoms with Gasteiger partial charge >= 0.3 is 0 Å². The van der Waals surface area contributed by atoms with Gasteiger partial charge in [0.15, 0.2) is 0 Å². The third-order valence-corrected chi connectivity index (χ3v) is 5.38. The number of furan rings is 1. The van der Waals surface area contributed by atoms with Crippen LogP contribution in [0.3, 0.4) is 0 Å². The molecule has 4 rings (SSSR count). The molecular formula is C20H27N5O2. The van der Waals surface area contributed by atoms with Crippen LogP contribution in [0.4, 0.5) is 11.8 Å². The predicted octanol–water partition coefficient (Wildman–Crippen LogP) is 2.56. The van der Waals surface area contributed by atoms with E-state index in [1.165, 1.54) is 12.8 Å². The summed E-state index contributed by atoms with van der Waals surface area (Å²) in [7, 11) is 0. The maximum Gasteiger partial charge on any atom is 0.257 e. The Morgan fingerprint density at radius 1 is 0.926 bits per heavy atom. The van der Waals surface area contributed by atoms with E-state index in [1.54, 1.807) is 0 Å². The lowest BCUT2D eigenvalue weighted by molar-refractivity contribution is 0.0744. The maximum absolute atomic E-state index is 12.8. The van der Waals surface area contributed by atoms with E-state index in [2.05, 4.69) is 14.8 Å². The van der Waals surface area contributed by atoms with E-state index in [4.69, 9.17) is 9.40 Å². The van der Waals surface area contributed by atoms with Gasteiger partial charge in [0, 0.05) is 51.0 Å². The van der Waals surface area contributed by atoms with E-state index in [0.717, 1.165) is 49.4 Å². The molecule has 7 nitrogen and oxygen atoms in total. The Labute approximate surface area is 160 Å². The summed E-state index contributed by atoms with van der Waals surface area (Å²) in [6, 6.07) is 3.88. The largest absolute Gasteiger partial charge is 0.466 e. The normalized spacial score (nSPS) is 17.7. The minimum absolute atomic E-state index is 0.0561. The molecule has 0 aliphatic carbocycles. The van der Waals surface area contributed by atoms with Crippen LogP contribution < -0.4 is 9.80 Å². The van der Waals surface area contributed by atoms with Crippen LogP contribution in [0.25, 0.3) is 0 Å². The van der Waals surface area contributed by atoms with Crippen molar-refractivity contribution in [1.29, 1.82) is 0 Å². The van der Waals surface area contributed by atoms with Crippen LogP contribution in [-0.2, 0) is 0 Å². The van der Waals surface area contributed by atoms with Gasteiger partial charge in [-0.3, -0.25) is 4.79 Å². The number of carbonyl (C=O) groups excluding carboxylic acids is 1. The van der Waals surface area contributed by atoms with Crippen LogP contribution in [0.2, 0.25) is 0 Å². The van der Waals surface area contributed by atoms with Gasteiger partial charge < -0.3 is 19.1 Å². The van der Waals surface area contributed by atoms with E-state index in [1.807, 2.05) is 37.8 Å². The van der Waals surface area contributed by atoms with Gasteiger partial charge in [0.25, 0.3) is 5.91 Å². The number of amides is 1. The Kier molecular flexibility index (Phi) is 4.76. The topological polar surface area (TPSA) is 65.7 Å². The summed E-state index contributed by atoms with van der Waals surface area (Å²) in [6.45, 7) is 10.7. The first-order chi connectivity index (χ1) is 13.0. The van der Waals surface area contributed by atoms with Crippen LogP contribution in [0, 0.1) is 20.8 Å². The summed E-state index contributed by atoms with van der Waals surface area (Å²) in [5, 5.41) is 0. The highest BCUT2D eigenvalue weighted by molar-refractivity contribution is 5.95. The maximum atomic E-state index is 12.8. The number of aromatic nitrogens is 2. The highest BCUT2D eigenvalue weighted by atomic mass is 16.3. The highest BCUT2D eigenvalue weighted by Gasteiger charge is 2.26. The van der Waals surface area contributed by atoms with Gasteiger partial charge in [0.2, 0.25) is 5.95 Å². The lowest BCUT2D eigenvalue weighted by Crippen LogP contribution is -2.49. The number of hydrogen-bond acceptors (Lipinski definition) is 6. The van der Waals surface area contributed by atoms with E-state index < -0.39 is 0 Å². The van der Waals surface area contributed by atoms with Crippen molar-refractivity contribution < 1.29 is 9.21 Å². The molecule has 0 atom stereocenters. The summed E-state index contributed by atoms with van der Waals surface area (Å²) in [4.78, 5) is 28.6. The van der Waals surface area contributed by atoms with Crippen LogP contribution in [-0.4, -0.2) is 60.0 Å². The summed E-state index contributed by atoms with van der Waals surface area (Å²) in [5.74, 6) is 3.33. The second kappa shape index (κ2) is 7.21. The van der Waals surface area contributed by atoms with Gasteiger partial charge in [0.1, 0.15) is 17.3 Å². The molecule has 2 aliphatic heterocycles. The molecule has 0 radical (unpaired) electrons. The Morgan fingerprint density at radius 3 is 2.26 bits per heavy atom. The van der Waals surface area contributed by atoms with Gasteiger partial charge in [-0.2, -0.15) is 4.98 Å². The number of carbonyl (C=O) groups is 1. The molecule has 0 aromatic carbocycles. The Balaban J connectivity index is 1.44. The molecule has 4 heterocycles. The van der Waals surface area contributed by atoms with Gasteiger partial charge in [-0.25, -0.2) is 4.98 Å². The number of rotatable bonds is 3. The smallest absolute Gasteiger partial charge is 0.257 e.